The summed E-state index contributed by atoms with van der Waals surface area (Å²) in [5.41, 5.74) is 2.56. The lowest BCUT2D eigenvalue weighted by atomic mass is 9.49. The molecule has 1 aromatic carbocycles. The first-order chi connectivity index (χ1) is 21.7. The Morgan fingerprint density at radius 3 is 2.30 bits per heavy atom. The highest BCUT2D eigenvalue weighted by Crippen LogP contribution is 2.59. The van der Waals surface area contributed by atoms with Crippen molar-refractivity contribution in [2.24, 2.45) is 52.6 Å². The molecule has 4 N–H and O–H groups in total. The van der Waals surface area contributed by atoms with Crippen LogP contribution in [-0.4, -0.2) is 82.0 Å². The van der Waals surface area contributed by atoms with E-state index in [1.807, 2.05) is 0 Å². The second kappa shape index (κ2) is 10.5. The number of carbonyl (C=O) groups is 6. The molecular formula is C35H42N2O9. The molecule has 0 aliphatic heterocycles. The molecule has 0 radical (unpaired) electrons. The Morgan fingerprint density at radius 1 is 1.02 bits per heavy atom. The van der Waals surface area contributed by atoms with Gasteiger partial charge >= 0.3 is 5.97 Å². The van der Waals surface area contributed by atoms with Gasteiger partial charge in [-0.2, -0.15) is 0 Å². The first-order valence-electron chi connectivity index (χ1n) is 16.5. The zero-order chi connectivity index (χ0) is 33.0. The Kier molecular flexibility index (Phi) is 7.14. The fourth-order valence-corrected chi connectivity index (χ4v) is 11.1. The zero-order valence-electron chi connectivity index (χ0n) is 26.4. The van der Waals surface area contributed by atoms with Crippen LogP contribution in [0.2, 0.25) is 0 Å². The van der Waals surface area contributed by atoms with Crippen molar-refractivity contribution < 1.29 is 43.7 Å². The standard InChI is InChI=1S/C35H42N2O9/c1-15-19-5-4-6-20(38)23(19)28(40)24-22(15)30(46-21(39)14-34-8-7-16-9-17(12-34)11-18(10-16)13-34)26-27(37(2)3)29(41)25(33(36)44)32(43)35(26,45)31(24)42/h4-6,15-18,22,24-27,30,38,45H,7-14H2,1-3H3,(H2,36,44)/t15-,16?,17?,18?,22+,24?,25?,26+,27-,30-,34?,35-/m0/s1. The van der Waals surface area contributed by atoms with Crippen LogP contribution >= 0.6 is 0 Å². The van der Waals surface area contributed by atoms with Crippen LogP contribution < -0.4 is 5.73 Å². The molecule has 10 atom stereocenters. The lowest BCUT2D eigenvalue weighted by molar-refractivity contribution is -0.206. The molecule has 8 rings (SSSR count). The number of ketones is 4. The van der Waals surface area contributed by atoms with Gasteiger partial charge in [-0.25, -0.2) is 0 Å². The largest absolute Gasteiger partial charge is 0.507 e. The molecule has 7 aliphatic carbocycles. The van der Waals surface area contributed by atoms with E-state index in [-0.39, 0.29) is 23.1 Å². The van der Waals surface area contributed by atoms with E-state index in [4.69, 9.17) is 10.5 Å². The topological polar surface area (TPSA) is 181 Å². The number of primary amides is 1. The molecule has 246 valence electrons. The van der Waals surface area contributed by atoms with Gasteiger partial charge in [0.1, 0.15) is 11.9 Å². The van der Waals surface area contributed by atoms with Crippen LogP contribution in [0, 0.1) is 46.8 Å². The number of hydrogen-bond acceptors (Lipinski definition) is 10. The maximum Gasteiger partial charge on any atom is 0.306 e. The predicted octanol–water partition coefficient (Wildman–Crippen LogP) is 1.95. The lowest BCUT2D eigenvalue weighted by Gasteiger charge is -2.56. The van der Waals surface area contributed by atoms with E-state index in [0.29, 0.717) is 23.3 Å². The predicted molar refractivity (Wildman–Crippen MR) is 161 cm³/mol. The lowest BCUT2D eigenvalue weighted by Crippen LogP contribution is -2.78. The van der Waals surface area contributed by atoms with Gasteiger partial charge in [-0.1, -0.05) is 19.1 Å². The zero-order valence-corrected chi connectivity index (χ0v) is 26.4. The van der Waals surface area contributed by atoms with Crippen molar-refractivity contribution in [3.05, 3.63) is 29.3 Å². The summed E-state index contributed by atoms with van der Waals surface area (Å²) in [6.45, 7) is 1.74. The highest BCUT2D eigenvalue weighted by atomic mass is 16.5. The molecule has 0 aromatic heterocycles. The van der Waals surface area contributed by atoms with E-state index >= 15 is 0 Å². The van der Waals surface area contributed by atoms with Crippen molar-refractivity contribution in [1.82, 2.24) is 4.90 Å². The Hall–Kier alpha value is -3.44. The minimum atomic E-state index is -3.02. The minimum Gasteiger partial charge on any atom is -0.507 e. The first-order valence-corrected chi connectivity index (χ1v) is 16.5. The first kappa shape index (κ1) is 31.2. The van der Waals surface area contributed by atoms with Crippen LogP contribution in [-0.2, 0) is 28.7 Å². The number of amides is 1. The number of nitrogens with two attached hydrogens (primary N) is 1. The molecule has 7 aliphatic rings. The molecule has 4 bridgehead atoms. The summed E-state index contributed by atoms with van der Waals surface area (Å²) < 4.78 is 6.35. The summed E-state index contributed by atoms with van der Waals surface area (Å²) in [5.74, 6) is -11.8. The number of phenolic OH excluding ortho intramolecular Hbond substituents is 1. The van der Waals surface area contributed by atoms with Crippen molar-refractivity contribution >= 4 is 35.0 Å². The average Bonchev–Trinajstić information content (AvgIpc) is 3.16. The van der Waals surface area contributed by atoms with Gasteiger partial charge in [-0.05, 0) is 99.8 Å². The number of aliphatic hydroxyl groups is 1. The third-order valence-electron chi connectivity index (χ3n) is 12.6. The normalized spacial score (nSPS) is 42.7. The quantitative estimate of drug-likeness (QED) is 0.320. The molecule has 46 heavy (non-hydrogen) atoms. The second-order valence-electron chi connectivity index (χ2n) is 15.5. The number of ether oxygens (including phenoxy) is 1. The molecule has 4 unspecified atom stereocenters. The Morgan fingerprint density at radius 2 is 1.67 bits per heavy atom. The number of nitrogens with zero attached hydrogens (tertiary/aromatic N) is 1. The van der Waals surface area contributed by atoms with E-state index in [9.17, 15) is 39.0 Å². The summed E-state index contributed by atoms with van der Waals surface area (Å²) in [4.78, 5) is 84.3. The van der Waals surface area contributed by atoms with Crippen molar-refractivity contribution in [3.63, 3.8) is 0 Å². The number of Topliss-reactive ketones (excluding diaryl/α,β-unsaturated/α-hetero) is 4. The number of hydrogen-bond donors (Lipinski definition) is 3. The summed E-state index contributed by atoms with van der Waals surface area (Å²) in [5, 5.41) is 23.0. The van der Waals surface area contributed by atoms with Gasteiger partial charge in [0.25, 0.3) is 0 Å². The number of aromatic hydroxyl groups is 1. The molecule has 1 amide bonds. The fourth-order valence-electron chi connectivity index (χ4n) is 11.1. The molecular weight excluding hydrogens is 592 g/mol. The van der Waals surface area contributed by atoms with E-state index < -0.39 is 82.3 Å². The van der Waals surface area contributed by atoms with Crippen molar-refractivity contribution in [1.29, 1.82) is 0 Å². The highest BCUT2D eigenvalue weighted by molar-refractivity contribution is 6.32. The SMILES string of the molecule is C[C@H]1c2cccc(O)c2C(=O)C2C(=O)[C@]3(O)C(=O)C(C(N)=O)C(=O)[C@@H](N(C)C)[C@@H]3[C@@H](OC(=O)CC34CCC5CC(CC(C5)C3)C4)[C@@H]21. The average molecular weight is 635 g/mol. The van der Waals surface area contributed by atoms with Gasteiger partial charge in [0, 0.05) is 5.92 Å². The number of esters is 1. The smallest absolute Gasteiger partial charge is 0.306 e. The second-order valence-corrected chi connectivity index (χ2v) is 15.5. The van der Waals surface area contributed by atoms with Crippen LogP contribution in [0.5, 0.6) is 5.75 Å². The Bertz CT molecular complexity index is 1550. The maximum absolute atomic E-state index is 14.4. The van der Waals surface area contributed by atoms with E-state index in [0.717, 1.165) is 25.7 Å². The molecule has 11 nitrogen and oxygen atoms in total. The molecule has 6 saturated carbocycles. The Balaban J connectivity index is 1.35. The molecule has 1 aromatic rings. The van der Waals surface area contributed by atoms with Crippen LogP contribution in [0.1, 0.15) is 80.1 Å². The fraction of sp³-hybridized carbons (Fsp3) is 0.657. The summed E-state index contributed by atoms with van der Waals surface area (Å²) in [7, 11) is 3.02. The van der Waals surface area contributed by atoms with Gasteiger partial charge in [0.2, 0.25) is 5.91 Å². The third kappa shape index (κ3) is 4.30. The summed E-state index contributed by atoms with van der Waals surface area (Å²) in [6.07, 6.45) is 6.05. The molecule has 0 spiro atoms. The van der Waals surface area contributed by atoms with Gasteiger partial charge < -0.3 is 20.7 Å². The van der Waals surface area contributed by atoms with E-state index in [2.05, 4.69) is 0 Å². The number of benzene rings is 1. The molecule has 0 saturated heterocycles. The third-order valence-corrected chi connectivity index (χ3v) is 12.6. The molecule has 6 fully saturated rings. The highest BCUT2D eigenvalue weighted by Gasteiger charge is 2.74. The minimum absolute atomic E-state index is 0.101. The molecule has 11 heteroatoms. The van der Waals surface area contributed by atoms with Gasteiger partial charge in [0.15, 0.2) is 34.7 Å². The van der Waals surface area contributed by atoms with Crippen LogP contribution in [0.25, 0.3) is 0 Å². The monoisotopic (exact) mass is 634 g/mol. The van der Waals surface area contributed by atoms with Gasteiger partial charge in [-0.15, -0.1) is 0 Å². The van der Waals surface area contributed by atoms with Crippen molar-refractivity contribution in [2.45, 2.75) is 82.0 Å². The summed E-state index contributed by atoms with van der Waals surface area (Å²) >= 11 is 0. The van der Waals surface area contributed by atoms with Gasteiger partial charge in [0.05, 0.1) is 29.9 Å². The number of phenols is 1. The van der Waals surface area contributed by atoms with Crippen molar-refractivity contribution in [3.8, 4) is 5.75 Å². The number of fused-ring (bicyclic) bond motifs is 4. The number of carbonyl (C=O) groups excluding carboxylic acids is 6. The summed E-state index contributed by atoms with van der Waals surface area (Å²) in [6, 6.07) is 3.14. The van der Waals surface area contributed by atoms with E-state index in [1.54, 1.807) is 19.1 Å². The van der Waals surface area contributed by atoms with Crippen LogP contribution in [0.15, 0.2) is 18.2 Å². The van der Waals surface area contributed by atoms with Gasteiger partial charge in [-0.3, -0.25) is 33.7 Å². The number of likely N-dealkylation sites (N-methyl/N-ethyl adjacent to an activating group) is 1. The molecule has 0 heterocycles. The van der Waals surface area contributed by atoms with E-state index in [1.165, 1.54) is 44.3 Å². The van der Waals surface area contributed by atoms with Crippen LogP contribution in [0.3, 0.4) is 0 Å². The Labute approximate surface area is 267 Å². The van der Waals surface area contributed by atoms with Crippen molar-refractivity contribution in [2.75, 3.05) is 14.1 Å². The number of rotatable bonds is 5. The van der Waals surface area contributed by atoms with Crippen LogP contribution in [0.4, 0.5) is 0 Å². The maximum atomic E-state index is 14.4.